The summed E-state index contributed by atoms with van der Waals surface area (Å²) in [6.07, 6.45) is 3.24. The second kappa shape index (κ2) is 7.26. The van der Waals surface area contributed by atoms with Gasteiger partial charge in [-0.2, -0.15) is 0 Å². The van der Waals surface area contributed by atoms with Gasteiger partial charge in [-0.1, -0.05) is 12.1 Å². The molecule has 1 aromatic carbocycles. The Morgan fingerprint density at radius 1 is 1.13 bits per heavy atom. The maximum atomic E-state index is 9.09. The molecule has 0 heterocycles. The van der Waals surface area contributed by atoms with E-state index in [0.29, 0.717) is 12.3 Å². The van der Waals surface area contributed by atoms with Crippen LogP contribution in [-0.4, -0.2) is 23.3 Å². The summed E-state index contributed by atoms with van der Waals surface area (Å²) in [6, 6.07) is 7.33. The normalized spacial score (nSPS) is 10.5. The van der Waals surface area contributed by atoms with Gasteiger partial charge >= 0.3 is 0 Å². The Labute approximate surface area is 90.8 Å². The summed E-state index contributed by atoms with van der Waals surface area (Å²) >= 11 is 0. The second-order valence-corrected chi connectivity index (χ2v) is 3.51. The van der Waals surface area contributed by atoms with E-state index in [1.807, 2.05) is 12.1 Å². The van der Waals surface area contributed by atoms with Crippen LogP contribution in [0, 0.1) is 6.61 Å². The van der Waals surface area contributed by atoms with Crippen molar-refractivity contribution >= 4 is 0 Å². The maximum Gasteiger partial charge on any atom is 0.115 e. The molecule has 0 aliphatic heterocycles. The average Bonchev–Trinajstić information content (AvgIpc) is 2.26. The molecule has 1 radical (unpaired) electrons. The Morgan fingerprint density at radius 2 is 1.87 bits per heavy atom. The first-order valence-corrected chi connectivity index (χ1v) is 5.27. The number of aryl methyl sites for hydroxylation is 1. The van der Waals surface area contributed by atoms with Crippen molar-refractivity contribution in [3.05, 3.63) is 36.4 Å². The van der Waals surface area contributed by atoms with Gasteiger partial charge in [-0.05, 0) is 43.5 Å². The van der Waals surface area contributed by atoms with E-state index in [1.54, 1.807) is 12.1 Å². The number of aliphatic hydroxyl groups excluding tert-OH is 1. The van der Waals surface area contributed by atoms with Gasteiger partial charge in [-0.3, -0.25) is 0 Å². The molecule has 1 aromatic rings. The minimum atomic E-state index is 0.318. The third-order valence-corrected chi connectivity index (χ3v) is 2.24. The van der Waals surface area contributed by atoms with Crippen molar-refractivity contribution in [2.24, 2.45) is 0 Å². The first kappa shape index (κ1) is 12.0. The molecule has 83 valence electrons. The summed E-state index contributed by atoms with van der Waals surface area (Å²) in [5.74, 6) is 0.318. The fraction of sp³-hybridized carbons (Fsp3) is 0.417. The van der Waals surface area contributed by atoms with Crippen LogP contribution in [0.5, 0.6) is 5.75 Å². The lowest BCUT2D eigenvalue weighted by Crippen LogP contribution is -2.16. The van der Waals surface area contributed by atoms with Crippen molar-refractivity contribution in [3.63, 3.8) is 0 Å². The molecule has 0 saturated carbocycles. The minimum absolute atomic E-state index is 0.318. The van der Waals surface area contributed by atoms with Gasteiger partial charge in [0.15, 0.2) is 0 Å². The van der Waals surface area contributed by atoms with Crippen molar-refractivity contribution in [2.75, 3.05) is 13.1 Å². The number of phenolic OH excluding ortho intramolecular Hbond substituents is 1. The van der Waals surface area contributed by atoms with Crippen molar-refractivity contribution in [2.45, 2.75) is 19.3 Å². The van der Waals surface area contributed by atoms with Crippen LogP contribution in [0.15, 0.2) is 24.3 Å². The summed E-state index contributed by atoms with van der Waals surface area (Å²) in [7, 11) is 0. The molecule has 3 nitrogen and oxygen atoms in total. The molecular formula is C12H18NO2. The third kappa shape index (κ3) is 5.40. The molecule has 0 spiro atoms. The molecule has 3 heteroatoms. The molecule has 0 aliphatic carbocycles. The first-order valence-electron chi connectivity index (χ1n) is 5.27. The Balaban J connectivity index is 2.07. The van der Waals surface area contributed by atoms with Crippen molar-refractivity contribution < 1.29 is 10.2 Å². The van der Waals surface area contributed by atoms with E-state index < -0.39 is 0 Å². The van der Waals surface area contributed by atoms with Gasteiger partial charge in [0, 0.05) is 6.54 Å². The van der Waals surface area contributed by atoms with Crippen LogP contribution in [0.25, 0.3) is 0 Å². The predicted molar refractivity (Wildman–Crippen MR) is 60.2 cm³/mol. The molecule has 15 heavy (non-hydrogen) atoms. The zero-order valence-corrected chi connectivity index (χ0v) is 8.82. The number of aromatic hydroxyl groups is 1. The van der Waals surface area contributed by atoms with Crippen LogP contribution in [0.1, 0.15) is 18.4 Å². The highest BCUT2D eigenvalue weighted by Gasteiger charge is 1.94. The molecule has 0 aromatic heterocycles. The van der Waals surface area contributed by atoms with Crippen molar-refractivity contribution in [3.8, 4) is 5.75 Å². The van der Waals surface area contributed by atoms with Crippen LogP contribution < -0.4 is 5.32 Å². The molecule has 0 amide bonds. The molecule has 0 fully saturated rings. The fourth-order valence-corrected chi connectivity index (χ4v) is 1.41. The van der Waals surface area contributed by atoms with Crippen LogP contribution >= 0.6 is 0 Å². The van der Waals surface area contributed by atoms with Gasteiger partial charge in [-0.15, -0.1) is 0 Å². The molecule has 0 aliphatic rings. The van der Waals surface area contributed by atoms with Gasteiger partial charge in [0.25, 0.3) is 0 Å². The Kier molecular flexibility index (Phi) is 5.81. The largest absolute Gasteiger partial charge is 0.508 e. The van der Waals surface area contributed by atoms with Crippen LogP contribution in [0.4, 0.5) is 0 Å². The van der Waals surface area contributed by atoms with E-state index in [1.165, 1.54) is 5.56 Å². The lowest BCUT2D eigenvalue weighted by Gasteiger charge is -2.03. The Morgan fingerprint density at radius 3 is 2.53 bits per heavy atom. The van der Waals surface area contributed by atoms with Crippen molar-refractivity contribution in [1.29, 1.82) is 0 Å². The van der Waals surface area contributed by atoms with E-state index in [-0.39, 0.29) is 0 Å². The number of benzene rings is 1. The lowest BCUT2D eigenvalue weighted by atomic mass is 10.1. The Hall–Kier alpha value is -1.06. The number of phenols is 1. The standard InChI is InChI=1S/C12H18NO2/c14-10-9-13-8-2-1-3-11-4-6-12(15)7-5-11/h4-7,10,13-15H,1-3,8-9H2. The molecule has 0 bridgehead atoms. The molecule has 3 N–H and O–H groups in total. The highest BCUT2D eigenvalue weighted by Crippen LogP contribution is 2.11. The lowest BCUT2D eigenvalue weighted by molar-refractivity contribution is 0.375. The number of rotatable bonds is 7. The highest BCUT2D eigenvalue weighted by molar-refractivity contribution is 5.25. The fourth-order valence-electron chi connectivity index (χ4n) is 1.41. The molecule has 1 rings (SSSR count). The summed E-state index contributed by atoms with van der Waals surface area (Å²) < 4.78 is 0. The number of hydrogen-bond donors (Lipinski definition) is 3. The summed E-state index contributed by atoms with van der Waals surface area (Å²) in [6.45, 7) is 2.61. The molecule has 0 saturated heterocycles. The van der Waals surface area contributed by atoms with Gasteiger partial charge < -0.3 is 15.5 Å². The Bertz CT molecular complexity index is 259. The van der Waals surface area contributed by atoms with E-state index >= 15 is 0 Å². The highest BCUT2D eigenvalue weighted by atomic mass is 16.3. The van der Waals surface area contributed by atoms with E-state index in [0.717, 1.165) is 32.4 Å². The van der Waals surface area contributed by atoms with Crippen LogP contribution in [-0.2, 0) is 6.42 Å². The monoisotopic (exact) mass is 208 g/mol. The first-order chi connectivity index (χ1) is 7.33. The number of hydrogen-bond acceptors (Lipinski definition) is 3. The topological polar surface area (TPSA) is 52.5 Å². The smallest absolute Gasteiger partial charge is 0.115 e. The molecule has 0 unspecified atom stereocenters. The van der Waals surface area contributed by atoms with Gasteiger partial charge in [0.1, 0.15) is 5.75 Å². The SMILES string of the molecule is O[CH]CNCCCCc1ccc(O)cc1. The summed E-state index contributed by atoms with van der Waals surface area (Å²) in [4.78, 5) is 0. The second-order valence-electron chi connectivity index (χ2n) is 3.51. The number of unbranched alkanes of at least 4 members (excludes halogenated alkanes) is 1. The minimum Gasteiger partial charge on any atom is -0.508 e. The number of aliphatic hydroxyl groups is 1. The van der Waals surface area contributed by atoms with Crippen LogP contribution in [0.3, 0.4) is 0 Å². The molecular weight excluding hydrogens is 190 g/mol. The molecule has 0 atom stereocenters. The average molecular weight is 208 g/mol. The predicted octanol–water partition coefficient (Wildman–Crippen LogP) is 1.84. The summed E-state index contributed by atoms with van der Waals surface area (Å²) in [5.41, 5.74) is 1.25. The van der Waals surface area contributed by atoms with Gasteiger partial charge in [-0.25, -0.2) is 0 Å². The third-order valence-electron chi connectivity index (χ3n) is 2.24. The quantitative estimate of drug-likeness (QED) is 0.599. The zero-order valence-electron chi connectivity index (χ0n) is 8.82. The maximum absolute atomic E-state index is 9.09. The van der Waals surface area contributed by atoms with E-state index in [4.69, 9.17) is 10.2 Å². The van der Waals surface area contributed by atoms with Gasteiger partial charge in [0.2, 0.25) is 0 Å². The van der Waals surface area contributed by atoms with E-state index in [9.17, 15) is 0 Å². The summed E-state index contributed by atoms with van der Waals surface area (Å²) in [5, 5.41) is 20.6. The van der Waals surface area contributed by atoms with Crippen molar-refractivity contribution in [1.82, 2.24) is 5.32 Å². The number of nitrogens with one attached hydrogen (secondary N) is 1. The van der Waals surface area contributed by atoms with Crippen LogP contribution in [0.2, 0.25) is 0 Å². The van der Waals surface area contributed by atoms with Gasteiger partial charge in [0.05, 0.1) is 6.61 Å². The van der Waals surface area contributed by atoms with E-state index in [2.05, 4.69) is 5.32 Å². The zero-order chi connectivity index (χ0) is 10.9.